The van der Waals surface area contributed by atoms with Gasteiger partial charge in [0.2, 0.25) is 28.5 Å². The normalized spacial score (nSPS) is 15.1. The summed E-state index contributed by atoms with van der Waals surface area (Å²) in [5, 5.41) is 8.68. The van der Waals surface area contributed by atoms with E-state index in [0.29, 0.717) is 40.7 Å². The van der Waals surface area contributed by atoms with Gasteiger partial charge in [0.15, 0.2) is 41.8 Å². The summed E-state index contributed by atoms with van der Waals surface area (Å²) in [6.45, 7) is 39.5. The van der Waals surface area contributed by atoms with Gasteiger partial charge < -0.3 is 17.7 Å². The predicted octanol–water partition coefficient (Wildman–Crippen LogP) is 27.9. The van der Waals surface area contributed by atoms with Gasteiger partial charge in [0.25, 0.3) is 0 Å². The lowest BCUT2D eigenvalue weighted by molar-refractivity contribution is -0.660. The standard InChI is InChI=1S/4C26H25N2O/c1-17-16-21-20-13-9-12-19(18-10-5-4-6-11-18)25(20)29-26(21)24(27-2)23(17)22-14-7-8-15-28(22)3;1-17-15-24-21(16-20(17)23-11-7-8-14-28(23)3)19-12-13-22(27-2)25(26(19)29-24)18-9-5-4-6-10-18;1-17-15-24-21(16-20(17)23-11-7-8-14-28(23)3)25-22(27-2)13-12-19(26(25)29-24)18-9-5-4-6-10-18;1-17-13-25-22(16-20(17)24-11-7-8-12-28(24)3)23-15-19(27-2)14-21(26(23)29-25)18-9-5-4-6-10-18/h7-9,12-16,18H,4-6,10-11H2,1,3H3;3*7-8,11-16,18H,4-6,9-10H2,1,3H3/q4*+1. The first kappa shape index (κ1) is 76.2. The third-order valence-corrected chi connectivity index (χ3v) is 25.8. The molecule has 0 aliphatic heterocycles. The SMILES string of the molecule is [C-]#[N+]c1c(-c2cccc[n+]2C)c(C)cc2c1oc1c(C3CCCCC3)cccc12.[C-]#[N+]c1cc(C2CCCCC2)c2oc3cc(C)c(-c4cccc[n+]4C)cc3c2c1.[C-]#[N+]c1ccc(C2CCCCC2)c2oc3cc(C)c(-c4cccc[n+]4C)cc3c12.[C-]#[N+]c1ccc2c(oc3cc(C)c(-c4cccc[n+]4C)cc32)c1C1CCCCC1. The number of benzene rings is 8. The summed E-state index contributed by atoms with van der Waals surface area (Å²) >= 11 is 0. The molecule has 8 aromatic carbocycles. The Morgan fingerprint density at radius 2 is 0.724 bits per heavy atom. The fourth-order valence-electron chi connectivity index (χ4n) is 19.8. The molecule has 0 amide bonds. The average Bonchev–Trinajstić information content (AvgIpc) is 1.61. The first-order valence-electron chi connectivity index (χ1n) is 42.0. The van der Waals surface area contributed by atoms with Crippen LogP contribution in [-0.4, -0.2) is 0 Å². The number of rotatable bonds is 8. The number of fused-ring (bicyclic) bond motifs is 12. The van der Waals surface area contributed by atoms with Gasteiger partial charge in [-0.05, 0) is 221 Å². The van der Waals surface area contributed by atoms with Gasteiger partial charge in [-0.25, -0.2) is 37.6 Å². The Morgan fingerprint density at radius 1 is 0.302 bits per heavy atom. The molecule has 116 heavy (non-hydrogen) atoms. The van der Waals surface area contributed by atoms with E-state index in [2.05, 4.69) is 226 Å². The Morgan fingerprint density at radius 3 is 1.22 bits per heavy atom. The Kier molecular flexibility index (Phi) is 21.5. The minimum Gasteiger partial charge on any atom is -0.467 e. The number of pyridine rings is 4. The van der Waals surface area contributed by atoms with Crippen LogP contribution in [0.1, 0.15) is 197 Å². The van der Waals surface area contributed by atoms with Crippen LogP contribution in [0, 0.1) is 54.0 Å². The summed E-state index contributed by atoms with van der Waals surface area (Å²) in [5.41, 5.74) is 28.8. The van der Waals surface area contributed by atoms with Crippen molar-refractivity contribution in [3.8, 4) is 45.0 Å². The number of para-hydroxylation sites is 1. The molecule has 8 aromatic heterocycles. The van der Waals surface area contributed by atoms with Gasteiger partial charge in [0.1, 0.15) is 72.9 Å². The van der Waals surface area contributed by atoms with E-state index >= 15 is 0 Å². The molecule has 0 N–H and O–H groups in total. The highest BCUT2D eigenvalue weighted by molar-refractivity contribution is 6.15. The Hall–Kier alpha value is -12.5. The predicted molar refractivity (Wildman–Crippen MR) is 469 cm³/mol. The van der Waals surface area contributed by atoms with Crippen LogP contribution >= 0.6 is 0 Å². The lowest BCUT2D eigenvalue weighted by atomic mass is 9.82. The molecular formula is C104H100N8O4+4. The molecule has 4 aliphatic carbocycles. The van der Waals surface area contributed by atoms with Crippen LogP contribution in [0.15, 0.2) is 212 Å². The second-order valence-electron chi connectivity index (χ2n) is 33.2. The van der Waals surface area contributed by atoms with E-state index in [1.807, 2.05) is 61.8 Å². The number of furan rings is 4. The van der Waals surface area contributed by atoms with E-state index in [4.69, 9.17) is 44.0 Å². The fraction of sp³-hybridized carbons (Fsp3) is 0.308. The fourth-order valence-corrected chi connectivity index (χ4v) is 19.8. The van der Waals surface area contributed by atoms with Crippen molar-refractivity contribution in [3.63, 3.8) is 0 Å². The summed E-state index contributed by atoms with van der Waals surface area (Å²) in [6, 6.07) is 59.0. The number of hydrogen-bond donors (Lipinski definition) is 0. The highest BCUT2D eigenvalue weighted by Crippen LogP contribution is 2.51. The highest BCUT2D eigenvalue weighted by atomic mass is 16.3. The molecule has 8 heterocycles. The topological polar surface area (TPSA) is 85.5 Å². The Labute approximate surface area is 680 Å². The number of hydrogen-bond acceptors (Lipinski definition) is 4. The van der Waals surface area contributed by atoms with Crippen LogP contribution < -0.4 is 18.3 Å². The average molecular weight is 1530 g/mol. The van der Waals surface area contributed by atoms with Gasteiger partial charge in [-0.1, -0.05) is 120 Å². The van der Waals surface area contributed by atoms with Crippen LogP contribution in [0.5, 0.6) is 0 Å². The zero-order valence-electron chi connectivity index (χ0n) is 68.1. The van der Waals surface area contributed by atoms with Gasteiger partial charge in [-0.15, -0.1) is 0 Å². The van der Waals surface area contributed by atoms with Crippen LogP contribution in [0.2, 0.25) is 0 Å². The maximum Gasteiger partial charge on any atom is 0.243 e. The number of aromatic nitrogens is 4. The molecule has 576 valence electrons. The first-order valence-corrected chi connectivity index (χ1v) is 42.0. The van der Waals surface area contributed by atoms with E-state index < -0.39 is 0 Å². The second-order valence-corrected chi connectivity index (χ2v) is 33.2. The van der Waals surface area contributed by atoms with Crippen LogP contribution in [-0.2, 0) is 28.2 Å². The molecule has 4 aliphatic rings. The highest BCUT2D eigenvalue weighted by Gasteiger charge is 2.31. The summed E-state index contributed by atoms with van der Waals surface area (Å²) in [4.78, 5) is 15.4. The first-order chi connectivity index (χ1) is 56.7. The van der Waals surface area contributed by atoms with Crippen molar-refractivity contribution in [1.82, 2.24) is 0 Å². The second kappa shape index (κ2) is 32.8. The van der Waals surface area contributed by atoms with Crippen molar-refractivity contribution in [2.45, 2.75) is 180 Å². The van der Waals surface area contributed by atoms with Crippen molar-refractivity contribution >= 4 is 111 Å². The lowest BCUT2D eigenvalue weighted by Crippen LogP contribution is -2.30. The number of nitrogens with zero attached hydrogens (tertiary/aromatic N) is 8. The molecule has 12 heteroatoms. The van der Waals surface area contributed by atoms with Gasteiger partial charge in [0, 0.05) is 114 Å². The third-order valence-electron chi connectivity index (χ3n) is 25.8. The molecular weight excluding hydrogens is 1430 g/mol. The Bertz CT molecular complexity index is 6680. The largest absolute Gasteiger partial charge is 0.467 e. The molecule has 16 aromatic rings. The van der Waals surface area contributed by atoms with E-state index in [-0.39, 0.29) is 0 Å². The Balaban J connectivity index is 0.000000111. The molecule has 0 saturated heterocycles. The van der Waals surface area contributed by atoms with Crippen LogP contribution in [0.25, 0.3) is 152 Å². The van der Waals surface area contributed by atoms with E-state index in [9.17, 15) is 0 Å². The molecule has 12 nitrogen and oxygen atoms in total. The van der Waals surface area contributed by atoms with Gasteiger partial charge in [-0.2, -0.15) is 0 Å². The smallest absolute Gasteiger partial charge is 0.243 e. The molecule has 20 rings (SSSR count). The minimum absolute atomic E-state index is 0.435. The molecule has 0 radical (unpaired) electrons. The molecule has 4 saturated carbocycles. The van der Waals surface area contributed by atoms with Crippen LogP contribution in [0.3, 0.4) is 0 Å². The van der Waals surface area contributed by atoms with Gasteiger partial charge >= 0.3 is 0 Å². The maximum atomic E-state index is 7.96. The van der Waals surface area contributed by atoms with Gasteiger partial charge in [-0.3, -0.25) is 0 Å². The molecule has 0 bridgehead atoms. The van der Waals surface area contributed by atoms with E-state index in [1.54, 1.807) is 0 Å². The summed E-state index contributed by atoms with van der Waals surface area (Å²) in [7, 11) is 8.24. The van der Waals surface area contributed by atoms with Crippen LogP contribution in [0.4, 0.5) is 22.7 Å². The van der Waals surface area contributed by atoms with Crippen molar-refractivity contribution in [3.05, 3.63) is 285 Å². The zero-order valence-corrected chi connectivity index (χ0v) is 68.1. The summed E-state index contributed by atoms with van der Waals surface area (Å²) < 4.78 is 34.3. The van der Waals surface area contributed by atoms with E-state index in [1.165, 1.54) is 177 Å². The van der Waals surface area contributed by atoms with Crippen molar-refractivity contribution in [1.29, 1.82) is 0 Å². The molecule has 0 atom stereocenters. The molecule has 0 spiro atoms. The minimum atomic E-state index is 0.435. The molecule has 4 fully saturated rings. The summed E-state index contributed by atoms with van der Waals surface area (Å²) in [5.74, 6) is 2.04. The zero-order chi connectivity index (χ0) is 79.8. The van der Waals surface area contributed by atoms with Crippen molar-refractivity contribution in [2.24, 2.45) is 28.2 Å². The van der Waals surface area contributed by atoms with Crippen molar-refractivity contribution in [2.75, 3.05) is 0 Å². The lowest BCUT2D eigenvalue weighted by Gasteiger charge is -2.23. The third kappa shape index (κ3) is 14.3. The van der Waals surface area contributed by atoms with Crippen molar-refractivity contribution < 1.29 is 35.9 Å². The summed E-state index contributed by atoms with van der Waals surface area (Å²) in [6.07, 6.45) is 33.3. The molecule has 0 unspecified atom stereocenters. The monoisotopic (exact) mass is 1520 g/mol. The van der Waals surface area contributed by atoms with E-state index in [0.717, 1.165) is 134 Å². The number of aryl methyl sites for hydroxylation is 8. The maximum absolute atomic E-state index is 7.96. The van der Waals surface area contributed by atoms with Gasteiger partial charge in [0.05, 0.1) is 31.9 Å². The quantitative estimate of drug-likeness (QED) is 0.112.